The number of H-pyrrole nitrogens is 1. The Bertz CT molecular complexity index is 644. The summed E-state index contributed by atoms with van der Waals surface area (Å²) in [5.74, 6) is 5.83. The van der Waals surface area contributed by atoms with Gasteiger partial charge in [0.25, 0.3) is 0 Å². The van der Waals surface area contributed by atoms with E-state index in [-0.39, 0.29) is 18.3 Å². The lowest BCUT2D eigenvalue weighted by Crippen LogP contribution is -2.20. The second-order valence-corrected chi connectivity index (χ2v) is 4.14. The summed E-state index contributed by atoms with van der Waals surface area (Å²) in [6.45, 7) is 2.01. The van der Waals surface area contributed by atoms with Crippen molar-refractivity contribution in [3.8, 4) is 11.8 Å². The molecule has 0 radical (unpaired) electrons. The molecule has 98 valence electrons. The molecule has 0 aliphatic heterocycles. The van der Waals surface area contributed by atoms with Crippen LogP contribution in [-0.4, -0.2) is 26.5 Å². The van der Waals surface area contributed by atoms with E-state index in [2.05, 4.69) is 22.0 Å². The first-order valence-corrected chi connectivity index (χ1v) is 6.03. The van der Waals surface area contributed by atoms with Gasteiger partial charge in [-0.2, -0.15) is 5.10 Å². The van der Waals surface area contributed by atoms with Crippen molar-refractivity contribution in [3.63, 3.8) is 0 Å². The van der Waals surface area contributed by atoms with Gasteiger partial charge in [0.15, 0.2) is 0 Å². The van der Waals surface area contributed by atoms with E-state index in [1.54, 1.807) is 0 Å². The SMILES string of the molecule is CC(c1ccc(C#CCCO)cc1)n1cn[nH]c1=O. The van der Waals surface area contributed by atoms with E-state index in [4.69, 9.17) is 5.11 Å². The molecular formula is C14H15N3O2. The van der Waals surface area contributed by atoms with Crippen molar-refractivity contribution in [3.05, 3.63) is 52.2 Å². The number of aromatic amines is 1. The molecule has 5 heteroatoms. The van der Waals surface area contributed by atoms with E-state index in [9.17, 15) is 4.79 Å². The summed E-state index contributed by atoms with van der Waals surface area (Å²) in [5.41, 5.74) is 1.68. The average Bonchev–Trinajstić information content (AvgIpc) is 2.85. The largest absolute Gasteiger partial charge is 0.395 e. The van der Waals surface area contributed by atoms with E-state index in [0.29, 0.717) is 6.42 Å². The van der Waals surface area contributed by atoms with Gasteiger partial charge in [-0.3, -0.25) is 4.57 Å². The lowest BCUT2D eigenvalue weighted by atomic mass is 10.1. The molecule has 0 saturated carbocycles. The highest BCUT2D eigenvalue weighted by Gasteiger charge is 2.09. The first-order chi connectivity index (χ1) is 9.22. The zero-order valence-corrected chi connectivity index (χ0v) is 10.6. The van der Waals surface area contributed by atoms with Crippen molar-refractivity contribution >= 4 is 0 Å². The lowest BCUT2D eigenvalue weighted by Gasteiger charge is -2.11. The lowest BCUT2D eigenvalue weighted by molar-refractivity contribution is 0.305. The van der Waals surface area contributed by atoms with Crippen molar-refractivity contribution in [1.29, 1.82) is 0 Å². The number of nitrogens with one attached hydrogen (secondary N) is 1. The topological polar surface area (TPSA) is 70.9 Å². The van der Waals surface area contributed by atoms with Crippen LogP contribution in [0.5, 0.6) is 0 Å². The van der Waals surface area contributed by atoms with Gasteiger partial charge in [0.05, 0.1) is 12.6 Å². The molecule has 0 saturated heterocycles. The molecule has 2 N–H and O–H groups in total. The molecule has 0 spiro atoms. The second kappa shape index (κ2) is 6.03. The Kier molecular flexibility index (Phi) is 4.16. The van der Waals surface area contributed by atoms with Crippen molar-refractivity contribution in [1.82, 2.24) is 14.8 Å². The fourth-order valence-corrected chi connectivity index (χ4v) is 1.76. The van der Waals surface area contributed by atoms with Crippen LogP contribution < -0.4 is 5.69 Å². The first kappa shape index (κ1) is 13.1. The highest BCUT2D eigenvalue weighted by atomic mass is 16.2. The number of benzene rings is 1. The fourth-order valence-electron chi connectivity index (χ4n) is 1.76. The first-order valence-electron chi connectivity index (χ1n) is 6.03. The van der Waals surface area contributed by atoms with Crippen molar-refractivity contribution < 1.29 is 5.11 Å². The maximum atomic E-state index is 11.5. The molecule has 0 amide bonds. The number of hydrogen-bond acceptors (Lipinski definition) is 3. The van der Waals surface area contributed by atoms with Gasteiger partial charge in [-0.15, -0.1) is 0 Å². The summed E-state index contributed by atoms with van der Waals surface area (Å²) < 4.78 is 1.53. The molecule has 2 rings (SSSR count). The fraction of sp³-hybridized carbons (Fsp3) is 0.286. The maximum absolute atomic E-state index is 11.5. The van der Waals surface area contributed by atoms with Crippen LogP contribution in [0, 0.1) is 11.8 Å². The predicted octanol–water partition coefficient (Wildman–Crippen LogP) is 0.915. The highest BCUT2D eigenvalue weighted by Crippen LogP contribution is 2.15. The quantitative estimate of drug-likeness (QED) is 0.803. The zero-order chi connectivity index (χ0) is 13.7. The van der Waals surface area contributed by atoms with Crippen LogP contribution in [0.1, 0.15) is 30.5 Å². The summed E-state index contributed by atoms with van der Waals surface area (Å²) in [7, 11) is 0. The van der Waals surface area contributed by atoms with Gasteiger partial charge >= 0.3 is 5.69 Å². The Balaban J connectivity index is 2.17. The number of nitrogens with zero attached hydrogens (tertiary/aromatic N) is 2. The monoisotopic (exact) mass is 257 g/mol. The molecule has 1 atom stereocenters. The van der Waals surface area contributed by atoms with Crippen LogP contribution in [0.15, 0.2) is 35.4 Å². The van der Waals surface area contributed by atoms with Crippen molar-refractivity contribution in [2.45, 2.75) is 19.4 Å². The molecule has 1 aromatic carbocycles. The van der Waals surface area contributed by atoms with Crippen LogP contribution >= 0.6 is 0 Å². The van der Waals surface area contributed by atoms with Crippen LogP contribution in [0.3, 0.4) is 0 Å². The summed E-state index contributed by atoms with van der Waals surface area (Å²) >= 11 is 0. The van der Waals surface area contributed by atoms with Crippen LogP contribution in [0.25, 0.3) is 0 Å². The Labute approximate surface area is 110 Å². The molecule has 5 nitrogen and oxygen atoms in total. The molecule has 2 aromatic rings. The summed E-state index contributed by atoms with van der Waals surface area (Å²) in [5, 5.41) is 14.7. The number of aliphatic hydroxyl groups is 1. The molecule has 0 aliphatic rings. The number of aromatic nitrogens is 3. The molecule has 0 fully saturated rings. The van der Waals surface area contributed by atoms with Gasteiger partial charge in [0.1, 0.15) is 6.33 Å². The minimum atomic E-state index is -0.223. The second-order valence-electron chi connectivity index (χ2n) is 4.14. The van der Waals surface area contributed by atoms with Crippen LogP contribution in [0.2, 0.25) is 0 Å². The van der Waals surface area contributed by atoms with E-state index >= 15 is 0 Å². The number of hydrogen-bond donors (Lipinski definition) is 2. The van der Waals surface area contributed by atoms with E-state index in [1.165, 1.54) is 10.9 Å². The van der Waals surface area contributed by atoms with Crippen LogP contribution in [0.4, 0.5) is 0 Å². The van der Waals surface area contributed by atoms with Gasteiger partial charge in [-0.05, 0) is 24.6 Å². The maximum Gasteiger partial charge on any atom is 0.343 e. The standard InChI is InChI=1S/C14H15N3O2/c1-11(17-10-15-16-14(17)19)13-7-5-12(6-8-13)4-2-3-9-18/h5-8,10-11,18H,3,9H2,1H3,(H,16,19). The number of aliphatic hydroxyl groups excluding tert-OH is 1. The Hall–Kier alpha value is -2.32. The third-order valence-electron chi connectivity index (χ3n) is 2.86. The average molecular weight is 257 g/mol. The van der Waals surface area contributed by atoms with Gasteiger partial charge in [0.2, 0.25) is 0 Å². The molecule has 0 aliphatic carbocycles. The molecule has 1 aromatic heterocycles. The molecule has 19 heavy (non-hydrogen) atoms. The molecular weight excluding hydrogens is 242 g/mol. The third kappa shape index (κ3) is 3.12. The Morgan fingerprint density at radius 3 is 2.74 bits per heavy atom. The van der Waals surface area contributed by atoms with Crippen LogP contribution in [-0.2, 0) is 0 Å². The zero-order valence-electron chi connectivity index (χ0n) is 10.6. The summed E-state index contributed by atoms with van der Waals surface area (Å²) in [4.78, 5) is 11.5. The highest BCUT2D eigenvalue weighted by molar-refractivity contribution is 5.37. The summed E-state index contributed by atoms with van der Waals surface area (Å²) in [6.07, 6.45) is 1.96. The van der Waals surface area contributed by atoms with Gasteiger partial charge in [0, 0.05) is 12.0 Å². The Morgan fingerprint density at radius 2 is 2.16 bits per heavy atom. The smallest absolute Gasteiger partial charge is 0.343 e. The van der Waals surface area contributed by atoms with Gasteiger partial charge in [-0.25, -0.2) is 9.89 Å². The minimum absolute atomic E-state index is 0.0749. The van der Waals surface area contributed by atoms with Gasteiger partial charge in [-0.1, -0.05) is 24.0 Å². The normalized spacial score (nSPS) is 11.7. The molecule has 1 heterocycles. The van der Waals surface area contributed by atoms with E-state index in [0.717, 1.165) is 11.1 Å². The number of rotatable bonds is 3. The third-order valence-corrected chi connectivity index (χ3v) is 2.86. The minimum Gasteiger partial charge on any atom is -0.395 e. The Morgan fingerprint density at radius 1 is 1.42 bits per heavy atom. The van der Waals surface area contributed by atoms with Gasteiger partial charge < -0.3 is 5.11 Å². The van der Waals surface area contributed by atoms with E-state index in [1.807, 2.05) is 31.2 Å². The molecule has 1 unspecified atom stereocenters. The van der Waals surface area contributed by atoms with E-state index < -0.39 is 0 Å². The summed E-state index contributed by atoms with van der Waals surface area (Å²) in [6, 6.07) is 7.61. The van der Waals surface area contributed by atoms with Crippen molar-refractivity contribution in [2.75, 3.05) is 6.61 Å². The van der Waals surface area contributed by atoms with Crippen molar-refractivity contribution in [2.24, 2.45) is 0 Å². The predicted molar refractivity (Wildman–Crippen MR) is 71.7 cm³/mol. The molecule has 0 bridgehead atoms.